The van der Waals surface area contributed by atoms with Crippen LogP contribution in [0.3, 0.4) is 0 Å². The van der Waals surface area contributed by atoms with Gasteiger partial charge in [-0.2, -0.15) is 5.10 Å². The molecule has 0 aliphatic carbocycles. The van der Waals surface area contributed by atoms with Crippen molar-refractivity contribution < 1.29 is 9.59 Å². The van der Waals surface area contributed by atoms with E-state index in [0.717, 1.165) is 24.1 Å². The van der Waals surface area contributed by atoms with E-state index in [2.05, 4.69) is 37.3 Å². The molecule has 0 radical (unpaired) electrons. The number of hydrogen-bond donors (Lipinski definition) is 2. The van der Waals surface area contributed by atoms with Crippen LogP contribution in [0.15, 0.2) is 48.8 Å². The van der Waals surface area contributed by atoms with E-state index in [1.807, 2.05) is 29.2 Å². The van der Waals surface area contributed by atoms with Gasteiger partial charge in [-0.15, -0.1) is 0 Å². The van der Waals surface area contributed by atoms with Crippen LogP contribution < -0.4 is 10.2 Å². The van der Waals surface area contributed by atoms with Crippen LogP contribution in [0.5, 0.6) is 0 Å². The van der Waals surface area contributed by atoms with Gasteiger partial charge in [0.05, 0.1) is 6.42 Å². The highest BCUT2D eigenvalue weighted by Crippen LogP contribution is 2.15. The van der Waals surface area contributed by atoms with Crippen LogP contribution in [0.1, 0.15) is 35.1 Å². The Hall–Kier alpha value is -3.75. The highest BCUT2D eigenvalue weighted by Gasteiger charge is 2.22. The Balaban J connectivity index is 1.27. The molecule has 4 rings (SSSR count). The SMILES string of the molecule is CCCc1cc(C(=O)Nc2ccc(CC(=O)N3CCN(c4ncccn4)CC3)cc2)n[nH]1. The predicted molar refractivity (Wildman–Crippen MR) is 122 cm³/mol. The lowest BCUT2D eigenvalue weighted by Gasteiger charge is -2.34. The number of nitrogens with zero attached hydrogens (tertiary/aromatic N) is 5. The van der Waals surface area contributed by atoms with Crippen molar-refractivity contribution in [3.63, 3.8) is 0 Å². The summed E-state index contributed by atoms with van der Waals surface area (Å²) in [6.07, 6.45) is 5.63. The Bertz CT molecular complexity index is 1040. The third-order valence-electron chi connectivity index (χ3n) is 5.42. The lowest BCUT2D eigenvalue weighted by molar-refractivity contribution is -0.130. The molecule has 1 aliphatic rings. The molecule has 0 atom stereocenters. The molecule has 3 aromatic rings. The van der Waals surface area contributed by atoms with Gasteiger partial charge in [-0.1, -0.05) is 25.5 Å². The number of H-pyrrole nitrogens is 1. The van der Waals surface area contributed by atoms with Crippen molar-refractivity contribution in [1.29, 1.82) is 0 Å². The van der Waals surface area contributed by atoms with E-state index in [4.69, 9.17) is 0 Å². The molecule has 1 aliphatic heterocycles. The number of aromatic amines is 1. The lowest BCUT2D eigenvalue weighted by Crippen LogP contribution is -2.49. The second-order valence-corrected chi connectivity index (χ2v) is 7.77. The molecule has 0 spiro atoms. The van der Waals surface area contributed by atoms with Gasteiger partial charge in [0.25, 0.3) is 5.91 Å². The summed E-state index contributed by atoms with van der Waals surface area (Å²) in [5.74, 6) is 0.539. The summed E-state index contributed by atoms with van der Waals surface area (Å²) in [5.41, 5.74) is 2.89. The van der Waals surface area contributed by atoms with Gasteiger partial charge in [-0.3, -0.25) is 14.7 Å². The maximum Gasteiger partial charge on any atom is 0.276 e. The van der Waals surface area contributed by atoms with Crippen LogP contribution in [0.4, 0.5) is 11.6 Å². The van der Waals surface area contributed by atoms with E-state index in [1.165, 1.54) is 0 Å². The molecule has 1 aromatic carbocycles. The molecular weight excluding hydrogens is 406 g/mol. The summed E-state index contributed by atoms with van der Waals surface area (Å²) in [4.78, 5) is 37.6. The van der Waals surface area contributed by atoms with Gasteiger partial charge in [0, 0.05) is 50.0 Å². The number of anilines is 2. The van der Waals surface area contributed by atoms with Crippen LogP contribution in [0, 0.1) is 0 Å². The van der Waals surface area contributed by atoms with E-state index < -0.39 is 0 Å². The minimum absolute atomic E-state index is 0.0930. The van der Waals surface area contributed by atoms with Crippen LogP contribution in [0.25, 0.3) is 0 Å². The van der Waals surface area contributed by atoms with Crippen molar-refractivity contribution >= 4 is 23.5 Å². The summed E-state index contributed by atoms with van der Waals surface area (Å²) in [6.45, 7) is 4.80. The van der Waals surface area contributed by atoms with Crippen LogP contribution in [-0.4, -0.2) is 63.1 Å². The first-order chi connectivity index (χ1) is 15.6. The zero-order valence-corrected chi connectivity index (χ0v) is 18.1. The first-order valence-electron chi connectivity index (χ1n) is 10.9. The number of aryl methyl sites for hydroxylation is 1. The number of nitrogens with one attached hydrogen (secondary N) is 2. The molecule has 2 N–H and O–H groups in total. The zero-order valence-electron chi connectivity index (χ0n) is 18.1. The minimum atomic E-state index is -0.257. The fourth-order valence-corrected chi connectivity index (χ4v) is 3.67. The average molecular weight is 434 g/mol. The van der Waals surface area contributed by atoms with Gasteiger partial charge in [0.15, 0.2) is 5.69 Å². The summed E-state index contributed by atoms with van der Waals surface area (Å²) in [5, 5.41) is 9.79. The van der Waals surface area contributed by atoms with Gasteiger partial charge < -0.3 is 15.1 Å². The summed E-state index contributed by atoms with van der Waals surface area (Å²) < 4.78 is 0. The average Bonchev–Trinajstić information content (AvgIpc) is 3.30. The Labute approximate surface area is 186 Å². The smallest absolute Gasteiger partial charge is 0.276 e. The second kappa shape index (κ2) is 10.0. The second-order valence-electron chi connectivity index (χ2n) is 7.77. The fourth-order valence-electron chi connectivity index (χ4n) is 3.67. The molecule has 32 heavy (non-hydrogen) atoms. The number of carbonyl (C=O) groups is 2. The molecule has 0 bridgehead atoms. The summed E-state index contributed by atoms with van der Waals surface area (Å²) in [6, 6.07) is 10.9. The van der Waals surface area contributed by atoms with Crippen LogP contribution >= 0.6 is 0 Å². The molecule has 2 aromatic heterocycles. The van der Waals surface area contributed by atoms with Gasteiger partial charge in [0.2, 0.25) is 11.9 Å². The number of carbonyl (C=O) groups excluding carboxylic acids is 2. The first-order valence-corrected chi connectivity index (χ1v) is 10.9. The Morgan fingerprint density at radius 1 is 1.06 bits per heavy atom. The van der Waals surface area contributed by atoms with E-state index in [-0.39, 0.29) is 11.8 Å². The number of benzene rings is 1. The monoisotopic (exact) mass is 433 g/mol. The Morgan fingerprint density at radius 2 is 1.78 bits per heavy atom. The molecule has 3 heterocycles. The third-order valence-corrected chi connectivity index (χ3v) is 5.42. The summed E-state index contributed by atoms with van der Waals surface area (Å²) >= 11 is 0. The van der Waals surface area contributed by atoms with Gasteiger partial charge >= 0.3 is 0 Å². The quantitative estimate of drug-likeness (QED) is 0.592. The van der Waals surface area contributed by atoms with Crippen LogP contribution in [-0.2, 0) is 17.6 Å². The highest BCUT2D eigenvalue weighted by molar-refractivity contribution is 6.02. The maximum atomic E-state index is 12.7. The molecule has 9 heteroatoms. The topological polar surface area (TPSA) is 107 Å². The van der Waals surface area contributed by atoms with E-state index in [1.54, 1.807) is 24.5 Å². The minimum Gasteiger partial charge on any atom is -0.339 e. The normalized spacial score (nSPS) is 13.8. The van der Waals surface area contributed by atoms with Gasteiger partial charge in [-0.05, 0) is 36.2 Å². The van der Waals surface area contributed by atoms with Gasteiger partial charge in [-0.25, -0.2) is 9.97 Å². The standard InChI is InChI=1S/C23H27N7O2/c1-2-4-19-16-20(28-27-19)22(32)26-18-7-5-17(6-8-18)15-21(31)29-11-13-30(14-12-29)23-24-9-3-10-25-23/h3,5-10,16H,2,4,11-15H2,1H3,(H,26,32)(H,27,28). The largest absolute Gasteiger partial charge is 0.339 e. The Morgan fingerprint density at radius 3 is 2.47 bits per heavy atom. The third kappa shape index (κ3) is 5.29. The fraction of sp³-hybridized carbons (Fsp3) is 0.348. The predicted octanol–water partition coefficient (Wildman–Crippen LogP) is 2.30. The van der Waals surface area contributed by atoms with E-state index in [9.17, 15) is 9.59 Å². The Kier molecular flexibility index (Phi) is 6.74. The van der Waals surface area contributed by atoms with Crippen molar-refractivity contribution in [2.75, 3.05) is 36.4 Å². The van der Waals surface area contributed by atoms with Crippen LogP contribution in [0.2, 0.25) is 0 Å². The van der Waals surface area contributed by atoms with Crippen molar-refractivity contribution in [3.05, 3.63) is 65.7 Å². The molecule has 166 valence electrons. The van der Waals surface area contributed by atoms with Crippen molar-refractivity contribution in [3.8, 4) is 0 Å². The zero-order chi connectivity index (χ0) is 22.3. The molecule has 9 nitrogen and oxygen atoms in total. The van der Waals surface area contributed by atoms with Crippen molar-refractivity contribution in [1.82, 2.24) is 25.1 Å². The maximum absolute atomic E-state index is 12.7. The number of amides is 2. The molecule has 1 saturated heterocycles. The van der Waals surface area contributed by atoms with E-state index in [0.29, 0.717) is 49.9 Å². The van der Waals surface area contributed by atoms with Gasteiger partial charge in [0.1, 0.15) is 0 Å². The number of hydrogen-bond acceptors (Lipinski definition) is 6. The molecule has 2 amide bonds. The number of rotatable bonds is 7. The lowest BCUT2D eigenvalue weighted by atomic mass is 10.1. The first kappa shape index (κ1) is 21.5. The summed E-state index contributed by atoms with van der Waals surface area (Å²) in [7, 11) is 0. The molecule has 1 fully saturated rings. The highest BCUT2D eigenvalue weighted by atomic mass is 16.2. The molecule has 0 unspecified atom stereocenters. The number of piperazine rings is 1. The van der Waals surface area contributed by atoms with Crippen molar-refractivity contribution in [2.24, 2.45) is 0 Å². The van der Waals surface area contributed by atoms with Crippen molar-refractivity contribution in [2.45, 2.75) is 26.2 Å². The molecular formula is C23H27N7O2. The molecule has 0 saturated carbocycles. The van der Waals surface area contributed by atoms with E-state index >= 15 is 0 Å². The number of aromatic nitrogens is 4.